The standard InChI is InChI=1S/C31H36F3N3O9.ClH/c1-18-9-5-6-10-23(18)46-17-21(38)16-35-13-7-8-14-45-24-12-11-20(37(41)42)15-22(24)26-25(29(39)43-3)19(2)36-28(31(32,33)34)27(26)30(40)44-4;/h5-6,9-12,15,21,26,35-36,38H,7-8,13-14,16-17H2,1-4H3;1H. The number of methoxy groups -OCH3 is 2. The van der Waals surface area contributed by atoms with E-state index in [4.69, 9.17) is 14.2 Å². The summed E-state index contributed by atoms with van der Waals surface area (Å²) in [5.41, 5.74) is -2.90. The number of esters is 2. The van der Waals surface area contributed by atoms with Gasteiger partial charge in [-0.05, 0) is 50.9 Å². The number of nitro benzene ring substituents is 1. The summed E-state index contributed by atoms with van der Waals surface area (Å²) >= 11 is 0. The number of aliphatic hydroxyl groups excluding tert-OH is 1. The number of benzene rings is 2. The summed E-state index contributed by atoms with van der Waals surface area (Å²) in [5.74, 6) is -3.65. The zero-order valence-electron chi connectivity index (χ0n) is 26.1. The molecule has 0 amide bonds. The van der Waals surface area contributed by atoms with Crippen molar-refractivity contribution in [3.8, 4) is 11.5 Å². The number of carbonyl (C=O) groups is 2. The largest absolute Gasteiger partial charge is 0.493 e. The van der Waals surface area contributed by atoms with Crippen LogP contribution in [0.2, 0.25) is 0 Å². The molecule has 1 aliphatic rings. The van der Waals surface area contributed by atoms with E-state index in [-0.39, 0.29) is 54.7 Å². The van der Waals surface area contributed by atoms with E-state index >= 15 is 0 Å². The number of ether oxygens (including phenoxy) is 4. The van der Waals surface area contributed by atoms with E-state index < -0.39 is 52.0 Å². The quantitative estimate of drug-likeness (QED) is 0.104. The second-order valence-electron chi connectivity index (χ2n) is 10.3. The molecule has 0 saturated heterocycles. The van der Waals surface area contributed by atoms with Gasteiger partial charge in [0.1, 0.15) is 29.9 Å². The fourth-order valence-electron chi connectivity index (χ4n) is 4.85. The molecule has 0 radical (unpaired) electrons. The molecule has 1 heterocycles. The minimum Gasteiger partial charge on any atom is -0.493 e. The van der Waals surface area contributed by atoms with Gasteiger partial charge in [-0.3, -0.25) is 10.1 Å². The molecule has 12 nitrogen and oxygen atoms in total. The lowest BCUT2D eigenvalue weighted by molar-refractivity contribution is -0.384. The number of aryl methyl sites for hydroxylation is 1. The van der Waals surface area contributed by atoms with Gasteiger partial charge in [0.15, 0.2) is 0 Å². The number of dihydropyridines is 1. The first-order valence-corrected chi connectivity index (χ1v) is 14.2. The number of halogens is 4. The van der Waals surface area contributed by atoms with Crippen LogP contribution < -0.4 is 20.1 Å². The van der Waals surface area contributed by atoms with E-state index in [1.54, 1.807) is 0 Å². The Morgan fingerprint density at radius 1 is 1.02 bits per heavy atom. The molecule has 0 spiro atoms. The van der Waals surface area contributed by atoms with Gasteiger partial charge in [0.25, 0.3) is 5.69 Å². The van der Waals surface area contributed by atoms with Gasteiger partial charge < -0.3 is 34.7 Å². The van der Waals surface area contributed by atoms with Gasteiger partial charge in [-0.15, -0.1) is 12.4 Å². The number of carbonyl (C=O) groups excluding carboxylic acids is 2. The second-order valence-corrected chi connectivity index (χ2v) is 10.3. The molecule has 0 fully saturated rings. The molecule has 2 atom stereocenters. The van der Waals surface area contributed by atoms with Crippen LogP contribution in [0.15, 0.2) is 65.0 Å². The molecular formula is C31H37ClF3N3O9. The number of aliphatic hydroxyl groups is 1. The first-order chi connectivity index (χ1) is 21.8. The molecule has 0 aliphatic carbocycles. The van der Waals surface area contributed by atoms with Crippen molar-refractivity contribution in [3.05, 3.63) is 86.2 Å². The first-order valence-electron chi connectivity index (χ1n) is 14.2. The lowest BCUT2D eigenvalue weighted by Crippen LogP contribution is -2.38. The fraction of sp³-hybridized carbons (Fsp3) is 0.419. The highest BCUT2D eigenvalue weighted by Crippen LogP contribution is 2.46. The van der Waals surface area contributed by atoms with Crippen molar-refractivity contribution in [3.63, 3.8) is 0 Å². The average molecular weight is 688 g/mol. The molecule has 16 heteroatoms. The van der Waals surface area contributed by atoms with E-state index in [0.717, 1.165) is 31.9 Å². The van der Waals surface area contributed by atoms with E-state index in [9.17, 15) is 38.0 Å². The average Bonchev–Trinajstić information content (AvgIpc) is 3.02. The number of nitro groups is 1. The monoisotopic (exact) mass is 687 g/mol. The van der Waals surface area contributed by atoms with E-state index in [0.29, 0.717) is 25.1 Å². The number of nitrogens with one attached hydrogen (secondary N) is 2. The summed E-state index contributed by atoms with van der Waals surface area (Å²) < 4.78 is 63.5. The third-order valence-electron chi connectivity index (χ3n) is 7.08. The van der Waals surface area contributed by atoms with Crippen LogP contribution in [0.3, 0.4) is 0 Å². The maximum Gasteiger partial charge on any atom is 0.431 e. The van der Waals surface area contributed by atoms with Gasteiger partial charge >= 0.3 is 18.1 Å². The molecule has 0 aromatic heterocycles. The number of rotatable bonds is 15. The van der Waals surface area contributed by atoms with Crippen molar-refractivity contribution >= 4 is 30.0 Å². The normalized spacial score (nSPS) is 15.3. The maximum absolute atomic E-state index is 14.2. The molecule has 2 aromatic rings. The number of allylic oxidation sites excluding steroid dienone is 2. The predicted molar refractivity (Wildman–Crippen MR) is 166 cm³/mol. The lowest BCUT2D eigenvalue weighted by Gasteiger charge is -2.32. The van der Waals surface area contributed by atoms with Crippen LogP contribution in [0.1, 0.15) is 36.8 Å². The Balaban J connectivity index is 0.00000768. The van der Waals surface area contributed by atoms with Crippen LogP contribution in [0.4, 0.5) is 18.9 Å². The van der Waals surface area contributed by atoms with Gasteiger partial charge in [-0.2, -0.15) is 13.2 Å². The maximum atomic E-state index is 14.2. The number of para-hydroxylation sites is 1. The van der Waals surface area contributed by atoms with Crippen LogP contribution in [0, 0.1) is 17.0 Å². The van der Waals surface area contributed by atoms with Crippen molar-refractivity contribution < 1.29 is 51.7 Å². The molecule has 0 bridgehead atoms. The number of alkyl halides is 3. The third-order valence-corrected chi connectivity index (χ3v) is 7.08. The number of unbranched alkanes of at least 4 members (excludes halogenated alkanes) is 1. The minimum atomic E-state index is -5.08. The summed E-state index contributed by atoms with van der Waals surface area (Å²) in [4.78, 5) is 36.6. The Hall–Kier alpha value is -4.34. The molecule has 47 heavy (non-hydrogen) atoms. The van der Waals surface area contributed by atoms with E-state index in [1.807, 2.05) is 31.2 Å². The molecule has 3 rings (SSSR count). The fourth-order valence-corrected chi connectivity index (χ4v) is 4.85. The Morgan fingerprint density at radius 2 is 1.68 bits per heavy atom. The molecule has 2 unspecified atom stereocenters. The van der Waals surface area contributed by atoms with Crippen LogP contribution in [0.5, 0.6) is 11.5 Å². The molecular weight excluding hydrogens is 651 g/mol. The molecule has 1 aliphatic heterocycles. The second kappa shape index (κ2) is 17.5. The van der Waals surface area contributed by atoms with E-state index in [2.05, 4.69) is 15.4 Å². The van der Waals surface area contributed by atoms with Crippen LogP contribution in [-0.2, 0) is 19.1 Å². The van der Waals surface area contributed by atoms with E-state index in [1.165, 1.54) is 13.0 Å². The van der Waals surface area contributed by atoms with Crippen molar-refractivity contribution in [2.24, 2.45) is 0 Å². The number of non-ortho nitro benzene ring substituents is 1. The highest BCUT2D eigenvalue weighted by Gasteiger charge is 2.48. The lowest BCUT2D eigenvalue weighted by atomic mass is 9.79. The van der Waals surface area contributed by atoms with Crippen LogP contribution >= 0.6 is 12.4 Å². The van der Waals surface area contributed by atoms with Gasteiger partial charge in [-0.1, -0.05) is 18.2 Å². The van der Waals surface area contributed by atoms with Gasteiger partial charge in [0, 0.05) is 29.9 Å². The summed E-state index contributed by atoms with van der Waals surface area (Å²) in [6.07, 6.45) is -4.83. The first kappa shape index (κ1) is 38.8. The molecule has 258 valence electrons. The van der Waals surface area contributed by atoms with Gasteiger partial charge in [0.05, 0.1) is 42.8 Å². The van der Waals surface area contributed by atoms with Gasteiger partial charge in [-0.25, -0.2) is 9.59 Å². The highest BCUT2D eigenvalue weighted by atomic mass is 35.5. The number of hydrogen-bond acceptors (Lipinski definition) is 11. The zero-order chi connectivity index (χ0) is 34.0. The topological polar surface area (TPSA) is 158 Å². The molecule has 2 aromatic carbocycles. The minimum absolute atomic E-state index is 0. The van der Waals surface area contributed by atoms with Crippen molar-refractivity contribution in [2.45, 2.75) is 44.9 Å². The van der Waals surface area contributed by atoms with Gasteiger partial charge in [0.2, 0.25) is 0 Å². The van der Waals surface area contributed by atoms with Crippen LogP contribution in [-0.4, -0.2) is 74.8 Å². The SMILES string of the molecule is COC(=O)C1=C(C)NC(C(F)(F)F)=C(C(=O)OC)C1c1cc([N+](=O)[O-])ccc1OCCCCNCC(O)COc1ccccc1C.Cl. The van der Waals surface area contributed by atoms with Crippen molar-refractivity contribution in [1.29, 1.82) is 0 Å². The Labute approximate surface area is 275 Å². The third kappa shape index (κ3) is 10.1. The molecule has 0 saturated carbocycles. The number of hydrogen-bond donors (Lipinski definition) is 3. The van der Waals surface area contributed by atoms with Crippen LogP contribution in [0.25, 0.3) is 0 Å². The summed E-state index contributed by atoms with van der Waals surface area (Å²) in [7, 11) is 1.88. The number of nitrogens with zero attached hydrogens (tertiary/aromatic N) is 1. The smallest absolute Gasteiger partial charge is 0.431 e. The highest BCUT2D eigenvalue weighted by molar-refractivity contribution is 6.00. The summed E-state index contributed by atoms with van der Waals surface area (Å²) in [6.45, 7) is 3.98. The summed E-state index contributed by atoms with van der Waals surface area (Å²) in [6, 6.07) is 10.7. The van der Waals surface area contributed by atoms with Crippen molar-refractivity contribution in [1.82, 2.24) is 10.6 Å². The van der Waals surface area contributed by atoms with Crippen molar-refractivity contribution in [2.75, 3.05) is 40.5 Å². The summed E-state index contributed by atoms with van der Waals surface area (Å²) in [5, 5.41) is 27.0. The Kier molecular flexibility index (Phi) is 14.5. The Morgan fingerprint density at radius 3 is 2.30 bits per heavy atom. The zero-order valence-corrected chi connectivity index (χ0v) is 27.0. The Bertz CT molecular complexity index is 1500. The predicted octanol–water partition coefficient (Wildman–Crippen LogP) is 4.64. The molecule has 3 N–H and O–H groups in total.